The third-order valence-corrected chi connectivity index (χ3v) is 2.99. The molecule has 0 radical (unpaired) electrons. The van der Waals surface area contributed by atoms with E-state index < -0.39 is 0 Å². The second kappa shape index (κ2) is 4.05. The molecule has 0 aromatic heterocycles. The van der Waals surface area contributed by atoms with Crippen LogP contribution in [-0.4, -0.2) is 18.0 Å². The fourth-order valence-electron chi connectivity index (χ4n) is 2.11. The van der Waals surface area contributed by atoms with E-state index in [1.165, 1.54) is 18.9 Å². The number of nitrogens with zero attached hydrogens (tertiary/aromatic N) is 1. The molecule has 0 amide bonds. The third-order valence-electron chi connectivity index (χ3n) is 2.99. The number of aryl methyl sites for hydroxylation is 1. The molecule has 1 aromatic carbocycles. The van der Waals surface area contributed by atoms with Gasteiger partial charge in [-0.05, 0) is 43.5 Å². The number of rotatable bonds is 2. The van der Waals surface area contributed by atoms with E-state index in [0.29, 0.717) is 0 Å². The minimum Gasteiger partial charge on any atom is -0.372 e. The van der Waals surface area contributed by atoms with Crippen LogP contribution in [0.15, 0.2) is 24.8 Å². The van der Waals surface area contributed by atoms with Gasteiger partial charge in [-0.3, -0.25) is 0 Å². The molecule has 0 aliphatic carbocycles. The standard InChI is InChI=1S/C13H16FN/c1-10-9-12(14)5-6-13(10)11(2)15-7-3-4-8-15/h5-6,9H,2-4,7-8H2,1H3. The summed E-state index contributed by atoms with van der Waals surface area (Å²) in [5, 5.41) is 0. The zero-order valence-electron chi connectivity index (χ0n) is 9.09. The molecule has 15 heavy (non-hydrogen) atoms. The summed E-state index contributed by atoms with van der Waals surface area (Å²) in [5.41, 5.74) is 3.07. The summed E-state index contributed by atoms with van der Waals surface area (Å²) in [4.78, 5) is 2.28. The van der Waals surface area contributed by atoms with Gasteiger partial charge < -0.3 is 4.90 Å². The number of hydrogen-bond acceptors (Lipinski definition) is 1. The van der Waals surface area contributed by atoms with Crippen molar-refractivity contribution in [3.05, 3.63) is 41.7 Å². The van der Waals surface area contributed by atoms with Crippen molar-refractivity contribution in [3.8, 4) is 0 Å². The zero-order chi connectivity index (χ0) is 10.8. The van der Waals surface area contributed by atoms with Gasteiger partial charge in [0.2, 0.25) is 0 Å². The average molecular weight is 205 g/mol. The topological polar surface area (TPSA) is 3.24 Å². The van der Waals surface area contributed by atoms with E-state index in [1.54, 1.807) is 6.07 Å². The lowest BCUT2D eigenvalue weighted by atomic mass is 10.1. The molecule has 1 saturated heterocycles. The van der Waals surface area contributed by atoms with Crippen LogP contribution in [-0.2, 0) is 0 Å². The number of benzene rings is 1. The van der Waals surface area contributed by atoms with E-state index in [-0.39, 0.29) is 5.82 Å². The molecule has 1 fully saturated rings. The zero-order valence-corrected chi connectivity index (χ0v) is 9.09. The van der Waals surface area contributed by atoms with Gasteiger partial charge >= 0.3 is 0 Å². The summed E-state index contributed by atoms with van der Waals surface area (Å²) in [5.74, 6) is -0.175. The molecule has 80 valence electrons. The van der Waals surface area contributed by atoms with Crippen molar-refractivity contribution in [3.63, 3.8) is 0 Å². The van der Waals surface area contributed by atoms with Gasteiger partial charge in [0.15, 0.2) is 0 Å². The summed E-state index contributed by atoms with van der Waals surface area (Å²) >= 11 is 0. The lowest BCUT2D eigenvalue weighted by Crippen LogP contribution is -2.17. The molecule has 1 aliphatic heterocycles. The lowest BCUT2D eigenvalue weighted by molar-refractivity contribution is 0.494. The van der Waals surface area contributed by atoms with Crippen LogP contribution in [0.3, 0.4) is 0 Å². The highest BCUT2D eigenvalue weighted by molar-refractivity contribution is 5.65. The molecule has 0 N–H and O–H groups in total. The summed E-state index contributed by atoms with van der Waals surface area (Å²) in [6.45, 7) is 8.19. The molecule has 1 heterocycles. The molecule has 2 rings (SSSR count). The van der Waals surface area contributed by atoms with Crippen LogP contribution in [0.25, 0.3) is 5.70 Å². The minimum absolute atomic E-state index is 0.175. The maximum atomic E-state index is 12.9. The smallest absolute Gasteiger partial charge is 0.123 e. The summed E-state index contributed by atoms with van der Waals surface area (Å²) in [7, 11) is 0. The highest BCUT2D eigenvalue weighted by Crippen LogP contribution is 2.25. The highest BCUT2D eigenvalue weighted by Gasteiger charge is 2.15. The Balaban J connectivity index is 2.24. The Morgan fingerprint density at radius 1 is 1.33 bits per heavy atom. The summed E-state index contributed by atoms with van der Waals surface area (Å²) in [6.07, 6.45) is 2.47. The third kappa shape index (κ3) is 2.04. The van der Waals surface area contributed by atoms with Crippen molar-refractivity contribution in [2.75, 3.05) is 13.1 Å². The fourth-order valence-corrected chi connectivity index (χ4v) is 2.11. The predicted octanol–water partition coefficient (Wildman–Crippen LogP) is 3.20. The Morgan fingerprint density at radius 3 is 2.60 bits per heavy atom. The van der Waals surface area contributed by atoms with Crippen molar-refractivity contribution in [1.29, 1.82) is 0 Å². The Hall–Kier alpha value is -1.31. The van der Waals surface area contributed by atoms with E-state index in [9.17, 15) is 4.39 Å². The van der Waals surface area contributed by atoms with Gasteiger partial charge in [0, 0.05) is 24.4 Å². The number of likely N-dealkylation sites (tertiary alicyclic amines) is 1. The van der Waals surface area contributed by atoms with Gasteiger partial charge in [-0.25, -0.2) is 4.39 Å². The van der Waals surface area contributed by atoms with Crippen LogP contribution < -0.4 is 0 Å². The van der Waals surface area contributed by atoms with Gasteiger partial charge in [0.25, 0.3) is 0 Å². The minimum atomic E-state index is -0.175. The van der Waals surface area contributed by atoms with E-state index in [2.05, 4.69) is 11.5 Å². The maximum Gasteiger partial charge on any atom is 0.123 e. The van der Waals surface area contributed by atoms with Crippen molar-refractivity contribution in [2.24, 2.45) is 0 Å². The number of halogens is 1. The molecule has 0 bridgehead atoms. The second-order valence-electron chi connectivity index (χ2n) is 4.10. The fraction of sp³-hybridized carbons (Fsp3) is 0.385. The van der Waals surface area contributed by atoms with Gasteiger partial charge in [-0.15, -0.1) is 0 Å². The monoisotopic (exact) mass is 205 g/mol. The van der Waals surface area contributed by atoms with E-state index in [1.807, 2.05) is 13.0 Å². The van der Waals surface area contributed by atoms with Crippen molar-refractivity contribution >= 4 is 5.70 Å². The van der Waals surface area contributed by atoms with Gasteiger partial charge in [0.1, 0.15) is 5.82 Å². The Bertz CT molecular complexity index is 378. The average Bonchev–Trinajstić information content (AvgIpc) is 2.69. The SMILES string of the molecule is C=C(c1ccc(F)cc1C)N1CCCC1. The van der Waals surface area contributed by atoms with Gasteiger partial charge in [-0.1, -0.05) is 6.58 Å². The Morgan fingerprint density at radius 2 is 2.00 bits per heavy atom. The molecule has 0 atom stereocenters. The van der Waals surface area contributed by atoms with Crippen LogP contribution in [0.2, 0.25) is 0 Å². The second-order valence-corrected chi connectivity index (χ2v) is 4.10. The molecule has 0 unspecified atom stereocenters. The first-order chi connectivity index (χ1) is 7.18. The van der Waals surface area contributed by atoms with Gasteiger partial charge in [0.05, 0.1) is 0 Å². The van der Waals surface area contributed by atoms with Crippen molar-refractivity contribution < 1.29 is 4.39 Å². The molecular weight excluding hydrogens is 189 g/mol. The van der Waals surface area contributed by atoms with Crippen LogP contribution >= 0.6 is 0 Å². The lowest BCUT2D eigenvalue weighted by Gasteiger charge is -2.21. The normalized spacial score (nSPS) is 15.7. The molecule has 0 spiro atoms. The summed E-state index contributed by atoms with van der Waals surface area (Å²) in [6, 6.07) is 4.89. The van der Waals surface area contributed by atoms with Crippen molar-refractivity contribution in [1.82, 2.24) is 4.90 Å². The Kier molecular flexibility index (Phi) is 2.76. The first-order valence-electron chi connectivity index (χ1n) is 5.39. The highest BCUT2D eigenvalue weighted by atomic mass is 19.1. The molecule has 1 aliphatic rings. The Labute approximate surface area is 90.2 Å². The van der Waals surface area contributed by atoms with E-state index in [4.69, 9.17) is 0 Å². The quantitative estimate of drug-likeness (QED) is 0.716. The molecular formula is C13H16FN. The first-order valence-corrected chi connectivity index (χ1v) is 5.39. The van der Waals surface area contributed by atoms with Crippen LogP contribution in [0.4, 0.5) is 4.39 Å². The van der Waals surface area contributed by atoms with E-state index >= 15 is 0 Å². The van der Waals surface area contributed by atoms with Gasteiger partial charge in [-0.2, -0.15) is 0 Å². The van der Waals surface area contributed by atoms with Crippen LogP contribution in [0.1, 0.15) is 24.0 Å². The van der Waals surface area contributed by atoms with E-state index in [0.717, 1.165) is 29.9 Å². The van der Waals surface area contributed by atoms with Crippen LogP contribution in [0.5, 0.6) is 0 Å². The largest absolute Gasteiger partial charge is 0.372 e. The summed E-state index contributed by atoms with van der Waals surface area (Å²) < 4.78 is 12.9. The van der Waals surface area contributed by atoms with Crippen molar-refractivity contribution in [2.45, 2.75) is 19.8 Å². The van der Waals surface area contributed by atoms with Crippen LogP contribution in [0, 0.1) is 12.7 Å². The molecule has 1 aromatic rings. The predicted molar refractivity (Wildman–Crippen MR) is 61.0 cm³/mol. The maximum absolute atomic E-state index is 12.9. The molecule has 0 saturated carbocycles. The molecule has 1 nitrogen and oxygen atoms in total. The first kappa shape index (κ1) is 10.2. The molecule has 2 heteroatoms. The number of hydrogen-bond donors (Lipinski definition) is 0.